The van der Waals surface area contributed by atoms with Crippen molar-refractivity contribution in [2.45, 2.75) is 19.9 Å². The van der Waals surface area contributed by atoms with Crippen LogP contribution in [-0.2, 0) is 0 Å². The van der Waals surface area contributed by atoms with Crippen LogP contribution >= 0.6 is 11.3 Å². The van der Waals surface area contributed by atoms with E-state index in [1.165, 1.54) is 10.4 Å². The lowest BCUT2D eigenvalue weighted by Crippen LogP contribution is -2.00. The summed E-state index contributed by atoms with van der Waals surface area (Å²) in [6.07, 6.45) is 5.41. The predicted molar refractivity (Wildman–Crippen MR) is 98.7 cm³/mol. The molecule has 0 bridgehead atoms. The topological polar surface area (TPSA) is 55.6 Å². The fourth-order valence-electron chi connectivity index (χ4n) is 2.52. The Balaban J connectivity index is 1.71. The lowest BCUT2D eigenvalue weighted by molar-refractivity contribution is 0.532. The molecule has 4 rings (SSSR count). The van der Waals surface area contributed by atoms with Crippen molar-refractivity contribution in [3.05, 3.63) is 55.1 Å². The lowest BCUT2D eigenvalue weighted by atomic mass is 10.2. The molecule has 3 aromatic heterocycles. The van der Waals surface area contributed by atoms with Crippen LogP contribution in [0.15, 0.2) is 55.1 Å². The number of thiophene rings is 1. The monoisotopic (exact) mass is 335 g/mol. The molecule has 6 heteroatoms. The van der Waals surface area contributed by atoms with E-state index >= 15 is 0 Å². The minimum absolute atomic E-state index is 0.330. The van der Waals surface area contributed by atoms with Crippen LogP contribution in [0.1, 0.15) is 19.9 Å². The Labute approximate surface area is 144 Å². The van der Waals surface area contributed by atoms with Gasteiger partial charge in [0.15, 0.2) is 0 Å². The second kappa shape index (κ2) is 6.05. The standard InChI is InChI=1S/C18H17N5S/c1-12(2)23-10-14(9-21-23)22-17-15-8-16(13-6-4-3-5-7-13)24-18(15)20-11-19-17/h3-12H,1-2H3,(H,19,20,22). The number of nitrogens with one attached hydrogen (secondary N) is 1. The highest BCUT2D eigenvalue weighted by atomic mass is 32.1. The molecule has 0 saturated carbocycles. The van der Waals surface area contributed by atoms with Crippen molar-refractivity contribution in [1.29, 1.82) is 0 Å². The van der Waals surface area contributed by atoms with Crippen LogP contribution in [0.25, 0.3) is 20.7 Å². The third-order valence-electron chi connectivity index (χ3n) is 3.78. The van der Waals surface area contributed by atoms with Gasteiger partial charge in [0.05, 0.1) is 17.3 Å². The van der Waals surface area contributed by atoms with Crippen molar-refractivity contribution >= 4 is 33.1 Å². The number of benzene rings is 1. The van der Waals surface area contributed by atoms with E-state index in [-0.39, 0.29) is 0 Å². The Morgan fingerprint density at radius 2 is 1.96 bits per heavy atom. The van der Waals surface area contributed by atoms with E-state index in [0.717, 1.165) is 21.7 Å². The van der Waals surface area contributed by atoms with E-state index in [2.05, 4.69) is 52.4 Å². The summed E-state index contributed by atoms with van der Waals surface area (Å²) in [7, 11) is 0. The van der Waals surface area contributed by atoms with Gasteiger partial charge in [0.2, 0.25) is 0 Å². The van der Waals surface area contributed by atoms with Gasteiger partial charge in [0, 0.05) is 17.1 Å². The molecule has 120 valence electrons. The Morgan fingerprint density at radius 1 is 1.12 bits per heavy atom. The zero-order chi connectivity index (χ0) is 16.5. The number of hydrogen-bond donors (Lipinski definition) is 1. The molecule has 1 N–H and O–H groups in total. The number of fused-ring (bicyclic) bond motifs is 1. The maximum atomic E-state index is 4.41. The molecule has 0 aliphatic carbocycles. The first-order chi connectivity index (χ1) is 11.7. The van der Waals surface area contributed by atoms with Crippen LogP contribution in [0, 0.1) is 0 Å². The molecule has 1 aromatic carbocycles. The number of nitrogens with zero attached hydrogens (tertiary/aromatic N) is 4. The number of anilines is 2. The Kier molecular flexibility index (Phi) is 3.74. The molecule has 3 heterocycles. The van der Waals surface area contributed by atoms with Crippen molar-refractivity contribution in [3.8, 4) is 10.4 Å². The van der Waals surface area contributed by atoms with Gasteiger partial charge in [0.1, 0.15) is 17.0 Å². The van der Waals surface area contributed by atoms with E-state index in [1.807, 2.05) is 35.3 Å². The van der Waals surface area contributed by atoms with Gasteiger partial charge in [-0.15, -0.1) is 11.3 Å². The summed E-state index contributed by atoms with van der Waals surface area (Å²) >= 11 is 1.67. The zero-order valence-electron chi connectivity index (χ0n) is 13.5. The number of aromatic nitrogens is 4. The molecule has 0 radical (unpaired) electrons. The summed E-state index contributed by atoms with van der Waals surface area (Å²) in [5.74, 6) is 0.807. The number of hydrogen-bond acceptors (Lipinski definition) is 5. The van der Waals surface area contributed by atoms with E-state index in [1.54, 1.807) is 17.7 Å². The minimum Gasteiger partial charge on any atom is -0.337 e. The van der Waals surface area contributed by atoms with Crippen LogP contribution in [-0.4, -0.2) is 19.7 Å². The summed E-state index contributed by atoms with van der Waals surface area (Å²) in [5, 5.41) is 8.74. The normalized spacial score (nSPS) is 11.3. The number of rotatable bonds is 4. The van der Waals surface area contributed by atoms with Gasteiger partial charge in [0.25, 0.3) is 0 Å². The van der Waals surface area contributed by atoms with Crippen LogP contribution in [0.4, 0.5) is 11.5 Å². The van der Waals surface area contributed by atoms with Gasteiger partial charge < -0.3 is 5.32 Å². The SMILES string of the molecule is CC(C)n1cc(Nc2ncnc3sc(-c4ccccc4)cc23)cn1. The summed E-state index contributed by atoms with van der Waals surface area (Å²) < 4.78 is 1.92. The molecule has 24 heavy (non-hydrogen) atoms. The molecular formula is C18H17N5S. The quantitative estimate of drug-likeness (QED) is 0.577. The molecule has 4 aromatic rings. The average Bonchev–Trinajstić information content (AvgIpc) is 3.23. The lowest BCUT2D eigenvalue weighted by Gasteiger charge is -2.04. The zero-order valence-corrected chi connectivity index (χ0v) is 14.3. The Morgan fingerprint density at radius 3 is 2.71 bits per heavy atom. The van der Waals surface area contributed by atoms with Gasteiger partial charge in [-0.25, -0.2) is 9.97 Å². The molecule has 0 atom stereocenters. The molecule has 5 nitrogen and oxygen atoms in total. The second-order valence-corrected chi connectivity index (χ2v) is 6.88. The van der Waals surface area contributed by atoms with Crippen LogP contribution in [0.5, 0.6) is 0 Å². The van der Waals surface area contributed by atoms with Gasteiger partial charge in [-0.05, 0) is 25.5 Å². The maximum Gasteiger partial charge on any atom is 0.142 e. The summed E-state index contributed by atoms with van der Waals surface area (Å²) in [4.78, 5) is 11.0. The van der Waals surface area contributed by atoms with Crippen LogP contribution in [0.2, 0.25) is 0 Å². The average molecular weight is 335 g/mol. The molecule has 0 unspecified atom stereocenters. The van der Waals surface area contributed by atoms with Gasteiger partial charge in [-0.3, -0.25) is 4.68 Å². The summed E-state index contributed by atoms with van der Waals surface area (Å²) in [6.45, 7) is 4.20. The fourth-order valence-corrected chi connectivity index (χ4v) is 3.53. The Bertz CT molecular complexity index is 971. The minimum atomic E-state index is 0.330. The first-order valence-corrected chi connectivity index (χ1v) is 8.63. The fraction of sp³-hybridized carbons (Fsp3) is 0.167. The molecule has 0 fully saturated rings. The summed E-state index contributed by atoms with van der Waals surface area (Å²) in [5.41, 5.74) is 2.12. The van der Waals surface area contributed by atoms with Crippen LogP contribution in [0.3, 0.4) is 0 Å². The van der Waals surface area contributed by atoms with Gasteiger partial charge in [-0.2, -0.15) is 5.10 Å². The smallest absolute Gasteiger partial charge is 0.142 e. The molecule has 0 amide bonds. The molecule has 0 aliphatic rings. The maximum absolute atomic E-state index is 4.41. The van der Waals surface area contributed by atoms with E-state index in [9.17, 15) is 0 Å². The highest BCUT2D eigenvalue weighted by molar-refractivity contribution is 7.21. The highest BCUT2D eigenvalue weighted by Crippen LogP contribution is 2.35. The summed E-state index contributed by atoms with van der Waals surface area (Å²) in [6, 6.07) is 12.8. The van der Waals surface area contributed by atoms with Crippen LogP contribution < -0.4 is 5.32 Å². The Hall–Kier alpha value is -2.73. The van der Waals surface area contributed by atoms with Crippen molar-refractivity contribution < 1.29 is 0 Å². The molecular weight excluding hydrogens is 318 g/mol. The first kappa shape index (κ1) is 14.8. The van der Waals surface area contributed by atoms with Crippen molar-refractivity contribution in [2.24, 2.45) is 0 Å². The third kappa shape index (κ3) is 2.76. The van der Waals surface area contributed by atoms with E-state index < -0.39 is 0 Å². The third-order valence-corrected chi connectivity index (χ3v) is 4.87. The van der Waals surface area contributed by atoms with E-state index in [0.29, 0.717) is 6.04 Å². The molecule has 0 aliphatic heterocycles. The molecule has 0 saturated heterocycles. The highest BCUT2D eigenvalue weighted by Gasteiger charge is 2.11. The van der Waals surface area contributed by atoms with Crippen molar-refractivity contribution in [3.63, 3.8) is 0 Å². The van der Waals surface area contributed by atoms with E-state index in [4.69, 9.17) is 0 Å². The largest absolute Gasteiger partial charge is 0.337 e. The van der Waals surface area contributed by atoms with Crippen molar-refractivity contribution in [2.75, 3.05) is 5.32 Å². The molecule has 0 spiro atoms. The van der Waals surface area contributed by atoms with Gasteiger partial charge >= 0.3 is 0 Å². The predicted octanol–water partition coefficient (Wildman–Crippen LogP) is 4.88. The van der Waals surface area contributed by atoms with Gasteiger partial charge in [-0.1, -0.05) is 30.3 Å². The first-order valence-electron chi connectivity index (χ1n) is 7.82. The van der Waals surface area contributed by atoms with Crippen molar-refractivity contribution in [1.82, 2.24) is 19.7 Å². The second-order valence-electron chi connectivity index (χ2n) is 5.85.